The molecule has 22 heavy (non-hydrogen) atoms. The van der Waals surface area contributed by atoms with Crippen molar-refractivity contribution in [3.8, 4) is 0 Å². The van der Waals surface area contributed by atoms with Crippen LogP contribution in [0.15, 0.2) is 46.0 Å². The van der Waals surface area contributed by atoms with E-state index in [1.54, 1.807) is 16.8 Å². The average Bonchev–Trinajstić information content (AvgIpc) is 2.90. The first-order chi connectivity index (χ1) is 10.2. The van der Waals surface area contributed by atoms with Crippen LogP contribution in [0.3, 0.4) is 0 Å². The molecule has 0 N–H and O–H groups in total. The third-order valence-electron chi connectivity index (χ3n) is 2.75. The molecule has 2 aromatic rings. The van der Waals surface area contributed by atoms with Gasteiger partial charge in [0.2, 0.25) is 10.0 Å². The number of thiophene rings is 1. The standard InChI is InChI=1S/C13H11ClF3NO2S2/c14-11-1-3-12(4-2-11)22(19,20)18(9-13(15,16)17)7-10-5-6-21-8-10/h1-6,8H,7,9H2. The summed E-state index contributed by atoms with van der Waals surface area (Å²) in [6.45, 7) is -1.89. The summed E-state index contributed by atoms with van der Waals surface area (Å²) in [5.74, 6) is 0. The Hall–Kier alpha value is -1.09. The van der Waals surface area contributed by atoms with Crippen LogP contribution in [0.2, 0.25) is 5.02 Å². The molecule has 0 aliphatic heterocycles. The Labute approximate surface area is 135 Å². The van der Waals surface area contributed by atoms with E-state index in [1.807, 2.05) is 0 Å². The van der Waals surface area contributed by atoms with E-state index in [1.165, 1.54) is 35.6 Å². The molecule has 0 atom stereocenters. The first-order valence-electron chi connectivity index (χ1n) is 6.02. The Morgan fingerprint density at radius 1 is 1.14 bits per heavy atom. The molecule has 0 bridgehead atoms. The third-order valence-corrected chi connectivity index (χ3v) is 5.54. The fraction of sp³-hybridized carbons (Fsp3) is 0.231. The lowest BCUT2D eigenvalue weighted by Gasteiger charge is -2.23. The second-order valence-electron chi connectivity index (χ2n) is 4.47. The Balaban J connectivity index is 2.35. The van der Waals surface area contributed by atoms with Gasteiger partial charge in [-0.2, -0.15) is 28.8 Å². The van der Waals surface area contributed by atoms with Gasteiger partial charge in [0.15, 0.2) is 0 Å². The summed E-state index contributed by atoms with van der Waals surface area (Å²) in [7, 11) is -4.27. The van der Waals surface area contributed by atoms with Crippen molar-refractivity contribution in [1.29, 1.82) is 0 Å². The maximum atomic E-state index is 12.7. The van der Waals surface area contributed by atoms with Crippen LogP contribution in [0.1, 0.15) is 5.56 Å². The summed E-state index contributed by atoms with van der Waals surface area (Å²) in [5.41, 5.74) is 0.506. The number of benzene rings is 1. The van der Waals surface area contributed by atoms with Crippen LogP contribution in [-0.4, -0.2) is 25.4 Å². The van der Waals surface area contributed by atoms with E-state index in [4.69, 9.17) is 11.6 Å². The van der Waals surface area contributed by atoms with Gasteiger partial charge in [0, 0.05) is 11.6 Å². The lowest BCUT2D eigenvalue weighted by atomic mass is 10.3. The number of nitrogens with zero attached hydrogens (tertiary/aromatic N) is 1. The van der Waals surface area contributed by atoms with Crippen molar-refractivity contribution in [2.45, 2.75) is 17.6 Å². The maximum absolute atomic E-state index is 12.7. The van der Waals surface area contributed by atoms with Gasteiger partial charge in [-0.05, 0) is 46.7 Å². The van der Waals surface area contributed by atoms with Crippen LogP contribution in [0.5, 0.6) is 0 Å². The fourth-order valence-corrected chi connectivity index (χ4v) is 3.97. The molecular weight excluding hydrogens is 359 g/mol. The van der Waals surface area contributed by atoms with E-state index >= 15 is 0 Å². The maximum Gasteiger partial charge on any atom is 0.402 e. The van der Waals surface area contributed by atoms with Crippen molar-refractivity contribution in [2.24, 2.45) is 0 Å². The minimum Gasteiger partial charge on any atom is -0.207 e. The predicted octanol–water partition coefficient (Wildman–Crippen LogP) is 4.15. The molecule has 0 aliphatic rings. The van der Waals surface area contributed by atoms with Gasteiger partial charge in [-0.15, -0.1) is 0 Å². The van der Waals surface area contributed by atoms with E-state index in [0.717, 1.165) is 0 Å². The molecule has 0 spiro atoms. The lowest BCUT2D eigenvalue weighted by molar-refractivity contribution is -0.136. The Morgan fingerprint density at radius 3 is 2.27 bits per heavy atom. The van der Waals surface area contributed by atoms with E-state index in [0.29, 0.717) is 14.9 Å². The second kappa shape index (κ2) is 6.57. The van der Waals surface area contributed by atoms with Crippen molar-refractivity contribution < 1.29 is 21.6 Å². The first kappa shape index (κ1) is 17.3. The van der Waals surface area contributed by atoms with Crippen LogP contribution < -0.4 is 0 Å². The molecule has 1 heterocycles. The highest BCUT2D eigenvalue weighted by atomic mass is 35.5. The van der Waals surface area contributed by atoms with Gasteiger partial charge in [0.05, 0.1) is 4.90 Å². The topological polar surface area (TPSA) is 37.4 Å². The molecule has 0 amide bonds. The summed E-state index contributed by atoms with van der Waals surface area (Å²) in [4.78, 5) is -0.226. The van der Waals surface area contributed by atoms with Crippen LogP contribution in [0, 0.1) is 0 Å². The van der Waals surface area contributed by atoms with E-state index in [-0.39, 0.29) is 11.4 Å². The number of sulfonamides is 1. The van der Waals surface area contributed by atoms with E-state index in [9.17, 15) is 21.6 Å². The summed E-state index contributed by atoms with van der Waals surface area (Å²) >= 11 is 6.96. The second-order valence-corrected chi connectivity index (χ2v) is 7.63. The van der Waals surface area contributed by atoms with Gasteiger partial charge in [-0.3, -0.25) is 0 Å². The molecule has 9 heteroatoms. The van der Waals surface area contributed by atoms with Gasteiger partial charge in [-0.25, -0.2) is 8.42 Å². The number of halogens is 4. The number of hydrogen-bond acceptors (Lipinski definition) is 3. The van der Waals surface area contributed by atoms with Gasteiger partial charge < -0.3 is 0 Å². The molecule has 0 radical (unpaired) electrons. The van der Waals surface area contributed by atoms with Crippen molar-refractivity contribution in [3.05, 3.63) is 51.7 Å². The predicted molar refractivity (Wildman–Crippen MR) is 79.4 cm³/mol. The smallest absolute Gasteiger partial charge is 0.207 e. The van der Waals surface area contributed by atoms with Crippen molar-refractivity contribution in [3.63, 3.8) is 0 Å². The fourth-order valence-electron chi connectivity index (χ4n) is 1.77. The highest BCUT2D eigenvalue weighted by Gasteiger charge is 2.37. The Bertz CT molecular complexity index is 713. The Kier molecular flexibility index (Phi) is 5.16. The number of rotatable bonds is 5. The zero-order valence-electron chi connectivity index (χ0n) is 11.0. The summed E-state index contributed by atoms with van der Waals surface area (Å²) in [5, 5.41) is 3.59. The first-order valence-corrected chi connectivity index (χ1v) is 8.78. The van der Waals surface area contributed by atoms with Crippen LogP contribution in [-0.2, 0) is 16.6 Å². The zero-order chi connectivity index (χ0) is 16.4. The summed E-state index contributed by atoms with van der Waals surface area (Å²) in [6, 6.07) is 6.62. The van der Waals surface area contributed by atoms with Crippen molar-refractivity contribution >= 4 is 33.0 Å². The van der Waals surface area contributed by atoms with Gasteiger partial charge in [0.1, 0.15) is 6.54 Å². The summed E-state index contributed by atoms with van der Waals surface area (Å²) in [6.07, 6.45) is -4.63. The average molecular weight is 370 g/mol. The van der Waals surface area contributed by atoms with Crippen LogP contribution in [0.4, 0.5) is 13.2 Å². The van der Waals surface area contributed by atoms with E-state index in [2.05, 4.69) is 0 Å². The van der Waals surface area contributed by atoms with Gasteiger partial charge in [0.25, 0.3) is 0 Å². The molecule has 0 unspecified atom stereocenters. The highest BCUT2D eigenvalue weighted by molar-refractivity contribution is 7.89. The quantitative estimate of drug-likeness (QED) is 0.793. The van der Waals surface area contributed by atoms with Gasteiger partial charge in [-0.1, -0.05) is 11.6 Å². The van der Waals surface area contributed by atoms with Crippen molar-refractivity contribution in [1.82, 2.24) is 4.31 Å². The van der Waals surface area contributed by atoms with Crippen molar-refractivity contribution in [2.75, 3.05) is 6.54 Å². The molecule has 0 saturated carbocycles. The molecule has 0 saturated heterocycles. The number of hydrogen-bond donors (Lipinski definition) is 0. The molecule has 2 rings (SSSR count). The highest BCUT2D eigenvalue weighted by Crippen LogP contribution is 2.25. The molecule has 3 nitrogen and oxygen atoms in total. The molecule has 1 aromatic carbocycles. The largest absolute Gasteiger partial charge is 0.402 e. The number of alkyl halides is 3. The summed E-state index contributed by atoms with van der Waals surface area (Å²) < 4.78 is 63.4. The normalized spacial score (nSPS) is 12.8. The van der Waals surface area contributed by atoms with Crippen LogP contribution >= 0.6 is 22.9 Å². The SMILES string of the molecule is O=S(=O)(c1ccc(Cl)cc1)N(Cc1ccsc1)CC(F)(F)F. The molecule has 1 aromatic heterocycles. The molecular formula is C13H11ClF3NO2S2. The molecule has 0 aliphatic carbocycles. The lowest BCUT2D eigenvalue weighted by Crippen LogP contribution is -2.38. The molecule has 120 valence electrons. The van der Waals surface area contributed by atoms with Gasteiger partial charge >= 0.3 is 6.18 Å². The minimum atomic E-state index is -4.63. The zero-order valence-corrected chi connectivity index (χ0v) is 13.4. The minimum absolute atomic E-state index is 0.226. The molecule has 0 fully saturated rings. The van der Waals surface area contributed by atoms with E-state index < -0.39 is 22.7 Å². The van der Waals surface area contributed by atoms with Crippen LogP contribution in [0.25, 0.3) is 0 Å². The Morgan fingerprint density at radius 2 is 1.77 bits per heavy atom. The third kappa shape index (κ3) is 4.45. The monoisotopic (exact) mass is 369 g/mol.